The largest absolute Gasteiger partial charge is 0.468 e. The summed E-state index contributed by atoms with van der Waals surface area (Å²) < 4.78 is 24.1. The van der Waals surface area contributed by atoms with Crippen molar-refractivity contribution in [3.05, 3.63) is 0 Å². The summed E-state index contributed by atoms with van der Waals surface area (Å²) in [5.74, 6) is 16.2. The lowest BCUT2D eigenvalue weighted by Crippen LogP contribution is -2.58. The summed E-state index contributed by atoms with van der Waals surface area (Å²) >= 11 is 0. The van der Waals surface area contributed by atoms with Crippen LogP contribution in [0.4, 0.5) is 0 Å². The van der Waals surface area contributed by atoms with Gasteiger partial charge in [0.05, 0.1) is 25.4 Å². The number of ether oxygens (including phenoxy) is 2. The number of methoxy groups -OCH3 is 2. The standard InChI is InChI=1S/C36H58O6Si2/c1-19-25-35(29(37)39-13,33(9,10)41-43(15,16)31(3,4)5)27-23-21-22-24-28-36(26-20-2,30(38)40-14)34(11,12)42-44(17,18)32(6,7)8/h1-2H,25-28H2,3-18H3. The van der Waals surface area contributed by atoms with E-state index < -0.39 is 50.6 Å². The molecule has 8 heteroatoms. The summed E-state index contributed by atoms with van der Waals surface area (Å²) in [5.41, 5.74) is -4.40. The van der Waals surface area contributed by atoms with Crippen molar-refractivity contribution in [1.82, 2.24) is 0 Å². The van der Waals surface area contributed by atoms with Gasteiger partial charge in [0.25, 0.3) is 0 Å². The van der Waals surface area contributed by atoms with Crippen LogP contribution >= 0.6 is 0 Å². The summed E-state index contributed by atoms with van der Waals surface area (Å²) in [7, 11) is -1.94. The van der Waals surface area contributed by atoms with Crippen molar-refractivity contribution in [2.45, 2.75) is 142 Å². The molecule has 0 aliphatic heterocycles. The minimum atomic E-state index is -2.31. The molecule has 0 aromatic heterocycles. The van der Waals surface area contributed by atoms with E-state index in [9.17, 15) is 9.59 Å². The Morgan fingerprint density at radius 2 is 0.841 bits per heavy atom. The Balaban J connectivity index is 6.73. The summed E-state index contributed by atoms with van der Waals surface area (Å²) in [4.78, 5) is 26.7. The van der Waals surface area contributed by atoms with Gasteiger partial charge in [-0.25, -0.2) is 0 Å². The Bertz CT molecular complexity index is 1140. The molecule has 0 saturated carbocycles. The molecule has 0 aromatic carbocycles. The average Bonchev–Trinajstić information content (AvgIpc) is 2.85. The van der Waals surface area contributed by atoms with Crippen LogP contribution in [-0.4, -0.2) is 54.0 Å². The Morgan fingerprint density at radius 1 is 0.568 bits per heavy atom. The molecule has 246 valence electrons. The van der Waals surface area contributed by atoms with E-state index in [0.717, 1.165) is 0 Å². The minimum Gasteiger partial charge on any atom is -0.468 e. The zero-order valence-corrected chi connectivity index (χ0v) is 32.4. The molecule has 2 atom stereocenters. The lowest BCUT2D eigenvalue weighted by Gasteiger charge is -2.49. The molecular weight excluding hydrogens is 585 g/mol. The van der Waals surface area contributed by atoms with Crippen molar-refractivity contribution in [3.63, 3.8) is 0 Å². The van der Waals surface area contributed by atoms with Crippen LogP contribution in [0.1, 0.15) is 94.9 Å². The maximum Gasteiger partial charge on any atom is 0.316 e. The summed E-state index contributed by atoms with van der Waals surface area (Å²) in [5, 5.41) is -0.182. The van der Waals surface area contributed by atoms with E-state index in [1.807, 2.05) is 27.7 Å². The number of carbonyl (C=O) groups is 2. The van der Waals surface area contributed by atoms with Crippen LogP contribution in [0.25, 0.3) is 0 Å². The van der Waals surface area contributed by atoms with Crippen LogP contribution in [-0.2, 0) is 27.9 Å². The van der Waals surface area contributed by atoms with E-state index in [0.29, 0.717) is 0 Å². The van der Waals surface area contributed by atoms with Gasteiger partial charge in [-0.2, -0.15) is 0 Å². The fourth-order valence-electron chi connectivity index (χ4n) is 4.75. The molecule has 0 spiro atoms. The lowest BCUT2D eigenvalue weighted by atomic mass is 9.69. The van der Waals surface area contributed by atoms with Crippen molar-refractivity contribution in [1.29, 1.82) is 0 Å². The second-order valence-electron chi connectivity index (χ2n) is 15.6. The number of hydrogen-bond acceptors (Lipinski definition) is 6. The molecule has 0 N–H and O–H groups in total. The molecule has 0 fully saturated rings. The topological polar surface area (TPSA) is 71.1 Å². The molecule has 0 rings (SSSR count). The Kier molecular flexibility index (Phi) is 13.9. The Labute approximate surface area is 271 Å². The zero-order valence-electron chi connectivity index (χ0n) is 30.4. The van der Waals surface area contributed by atoms with Crippen molar-refractivity contribution in [3.8, 4) is 48.4 Å². The maximum absolute atomic E-state index is 13.4. The second-order valence-corrected chi connectivity index (χ2v) is 25.1. The average molecular weight is 643 g/mol. The van der Waals surface area contributed by atoms with Crippen LogP contribution in [0.15, 0.2) is 0 Å². The van der Waals surface area contributed by atoms with Gasteiger partial charge in [0.15, 0.2) is 16.6 Å². The number of rotatable bonds is 12. The quantitative estimate of drug-likeness (QED) is 0.123. The second kappa shape index (κ2) is 14.8. The predicted molar refractivity (Wildman–Crippen MR) is 185 cm³/mol. The molecule has 0 radical (unpaired) electrons. The third-order valence-corrected chi connectivity index (χ3v) is 19.2. The predicted octanol–water partition coefficient (Wildman–Crippen LogP) is 7.74. The van der Waals surface area contributed by atoms with E-state index >= 15 is 0 Å². The molecule has 2 unspecified atom stereocenters. The molecule has 0 bridgehead atoms. The van der Waals surface area contributed by atoms with E-state index in [1.165, 1.54) is 14.2 Å². The third-order valence-electron chi connectivity index (χ3n) is 9.92. The monoisotopic (exact) mass is 642 g/mol. The van der Waals surface area contributed by atoms with Gasteiger partial charge in [-0.15, -0.1) is 24.7 Å². The van der Waals surface area contributed by atoms with Crippen molar-refractivity contribution in [2.24, 2.45) is 10.8 Å². The van der Waals surface area contributed by atoms with Gasteiger partial charge in [-0.05, 0) is 75.8 Å². The fraction of sp³-hybridized carbons (Fsp3) is 0.722. The first-order valence-corrected chi connectivity index (χ1v) is 20.9. The summed E-state index contributed by atoms with van der Waals surface area (Å²) in [6.45, 7) is 28.9. The van der Waals surface area contributed by atoms with Crippen LogP contribution in [0, 0.1) is 59.2 Å². The molecule has 0 aliphatic rings. The SMILES string of the molecule is C#CCC(CC#CC#CCC(CC#C)(C(=O)OC)C(C)(C)O[Si](C)(C)C(C)(C)C)(C(=O)OC)C(C)(C)O[Si](C)(C)C(C)(C)C. The number of terminal acetylenes is 2. The van der Waals surface area contributed by atoms with Crippen molar-refractivity contribution in [2.75, 3.05) is 14.2 Å². The van der Waals surface area contributed by atoms with Crippen LogP contribution in [0.5, 0.6) is 0 Å². The third kappa shape index (κ3) is 9.05. The van der Waals surface area contributed by atoms with Crippen LogP contribution in [0.2, 0.25) is 36.3 Å². The highest BCUT2D eigenvalue weighted by molar-refractivity contribution is 6.74. The molecule has 0 heterocycles. The molecule has 0 aromatic rings. The molecular formula is C36H58O6Si2. The highest BCUT2D eigenvalue weighted by Crippen LogP contribution is 2.49. The summed E-state index contributed by atoms with van der Waals surface area (Å²) in [6, 6.07) is 0. The number of carbonyl (C=O) groups excluding carboxylic acids is 2. The lowest BCUT2D eigenvalue weighted by molar-refractivity contribution is -0.167. The van der Waals surface area contributed by atoms with Gasteiger partial charge in [-0.1, -0.05) is 53.4 Å². The first-order chi connectivity index (χ1) is 19.7. The van der Waals surface area contributed by atoms with E-state index in [2.05, 4.69) is 103 Å². The zero-order chi connectivity index (χ0) is 35.1. The normalized spacial score (nSPS) is 15.5. The first kappa shape index (κ1) is 41.5. The van der Waals surface area contributed by atoms with Gasteiger partial charge >= 0.3 is 11.9 Å². The Hall–Kier alpha value is -2.47. The first-order valence-electron chi connectivity index (χ1n) is 15.1. The molecule has 44 heavy (non-hydrogen) atoms. The van der Waals surface area contributed by atoms with Gasteiger partial charge in [0.2, 0.25) is 0 Å². The highest BCUT2D eigenvalue weighted by Gasteiger charge is 2.57. The minimum absolute atomic E-state index is 0.0760. The smallest absolute Gasteiger partial charge is 0.316 e. The molecule has 0 aliphatic carbocycles. The van der Waals surface area contributed by atoms with Gasteiger partial charge in [0.1, 0.15) is 10.8 Å². The molecule has 6 nitrogen and oxygen atoms in total. The van der Waals surface area contributed by atoms with Gasteiger partial charge < -0.3 is 18.3 Å². The number of hydrogen-bond donors (Lipinski definition) is 0. The van der Waals surface area contributed by atoms with Crippen molar-refractivity contribution < 1.29 is 27.9 Å². The Morgan fingerprint density at radius 3 is 1.05 bits per heavy atom. The van der Waals surface area contributed by atoms with Crippen molar-refractivity contribution >= 4 is 28.6 Å². The van der Waals surface area contributed by atoms with Gasteiger partial charge in [-0.3, -0.25) is 9.59 Å². The summed E-state index contributed by atoms with van der Waals surface area (Å²) in [6.07, 6.45) is 11.9. The maximum atomic E-state index is 13.4. The van der Waals surface area contributed by atoms with Crippen LogP contribution < -0.4 is 0 Å². The van der Waals surface area contributed by atoms with Gasteiger partial charge in [0, 0.05) is 25.7 Å². The highest BCUT2D eigenvalue weighted by atomic mass is 28.4. The molecule has 0 amide bonds. The van der Waals surface area contributed by atoms with Crippen LogP contribution in [0.3, 0.4) is 0 Å². The van der Waals surface area contributed by atoms with E-state index in [-0.39, 0.29) is 35.8 Å². The van der Waals surface area contributed by atoms with E-state index in [4.69, 9.17) is 31.2 Å². The molecule has 0 saturated heterocycles. The van der Waals surface area contributed by atoms with E-state index in [1.54, 1.807) is 0 Å². The number of esters is 2. The fourth-order valence-corrected chi connectivity index (χ4v) is 8.31.